The molecule has 4 nitrogen and oxygen atoms in total. The molecule has 2 heterocycles. The van der Waals surface area contributed by atoms with Crippen molar-refractivity contribution in [1.29, 1.82) is 0 Å². The molecule has 110 valence electrons. The van der Waals surface area contributed by atoms with Gasteiger partial charge in [-0.25, -0.2) is 9.97 Å². The minimum atomic E-state index is 0.445. The number of ether oxygens (including phenoxy) is 2. The van der Waals surface area contributed by atoms with E-state index in [1.54, 1.807) is 6.07 Å². The Morgan fingerprint density at radius 2 is 1.81 bits per heavy atom. The summed E-state index contributed by atoms with van der Waals surface area (Å²) < 4.78 is 11.3. The normalized spacial score (nSPS) is 13.9. The molecule has 0 spiro atoms. The average Bonchev–Trinajstić information content (AvgIpc) is 2.69. The zero-order valence-electron chi connectivity index (χ0n) is 11.7. The lowest BCUT2D eigenvalue weighted by atomic mass is 10.1. The number of hydrogen-bond donors (Lipinski definition) is 0. The van der Waals surface area contributed by atoms with E-state index in [1.165, 1.54) is 0 Å². The highest BCUT2D eigenvalue weighted by Crippen LogP contribution is 2.40. The Morgan fingerprint density at radius 1 is 1.05 bits per heavy atom. The van der Waals surface area contributed by atoms with Crippen molar-refractivity contribution in [2.75, 3.05) is 13.2 Å². The quantitative estimate of drug-likeness (QED) is 0.736. The van der Waals surface area contributed by atoms with Crippen molar-refractivity contribution in [3.63, 3.8) is 0 Å². The predicted octanol–water partition coefficient (Wildman–Crippen LogP) is 4.23. The van der Waals surface area contributed by atoms with Crippen molar-refractivity contribution in [2.24, 2.45) is 0 Å². The lowest BCUT2D eigenvalue weighted by Crippen LogP contribution is -1.98. The van der Waals surface area contributed by atoms with E-state index in [2.05, 4.69) is 9.97 Å². The fourth-order valence-corrected chi connectivity index (χ4v) is 2.56. The van der Waals surface area contributed by atoms with Gasteiger partial charge in [-0.05, 0) is 26.0 Å². The molecule has 1 aliphatic heterocycles. The summed E-state index contributed by atoms with van der Waals surface area (Å²) in [7, 11) is 0. The van der Waals surface area contributed by atoms with Crippen LogP contribution < -0.4 is 9.47 Å². The van der Waals surface area contributed by atoms with Gasteiger partial charge in [-0.1, -0.05) is 23.2 Å². The summed E-state index contributed by atoms with van der Waals surface area (Å²) in [6.07, 6.45) is 0.826. The standard InChI is InChI=1S/C15H14Cl2N2O2/c1-8-9(2)18-15(19-14(8)17)10-6-11(16)13-12(7-10)20-4-3-5-21-13/h6-7H,3-5H2,1-2H3. The topological polar surface area (TPSA) is 44.2 Å². The molecule has 0 unspecified atom stereocenters. The molecule has 0 saturated carbocycles. The Kier molecular flexibility index (Phi) is 3.91. The minimum absolute atomic E-state index is 0.445. The Morgan fingerprint density at radius 3 is 2.57 bits per heavy atom. The molecule has 0 N–H and O–H groups in total. The van der Waals surface area contributed by atoms with E-state index in [4.69, 9.17) is 32.7 Å². The van der Waals surface area contributed by atoms with Gasteiger partial charge in [0.25, 0.3) is 0 Å². The first-order valence-corrected chi connectivity index (χ1v) is 7.42. The van der Waals surface area contributed by atoms with Gasteiger partial charge in [0, 0.05) is 23.2 Å². The number of aromatic nitrogens is 2. The zero-order chi connectivity index (χ0) is 15.0. The Hall–Kier alpha value is -1.52. The first-order chi connectivity index (χ1) is 10.1. The summed E-state index contributed by atoms with van der Waals surface area (Å²) in [6, 6.07) is 3.61. The van der Waals surface area contributed by atoms with Crippen LogP contribution in [-0.2, 0) is 0 Å². The van der Waals surface area contributed by atoms with Crippen LogP contribution in [0.2, 0.25) is 10.2 Å². The summed E-state index contributed by atoms with van der Waals surface area (Å²) >= 11 is 12.4. The summed E-state index contributed by atoms with van der Waals surface area (Å²) in [5.41, 5.74) is 2.48. The number of halogens is 2. The Bertz CT molecular complexity index is 681. The summed E-state index contributed by atoms with van der Waals surface area (Å²) in [5, 5.41) is 0.933. The van der Waals surface area contributed by atoms with Crippen LogP contribution in [0.3, 0.4) is 0 Å². The molecule has 0 bridgehead atoms. The van der Waals surface area contributed by atoms with Gasteiger partial charge in [0.15, 0.2) is 17.3 Å². The monoisotopic (exact) mass is 324 g/mol. The van der Waals surface area contributed by atoms with Crippen molar-refractivity contribution >= 4 is 23.2 Å². The SMILES string of the molecule is Cc1nc(-c2cc(Cl)c3c(c2)OCCCO3)nc(Cl)c1C. The van der Waals surface area contributed by atoms with Gasteiger partial charge in [0.05, 0.1) is 18.2 Å². The fourth-order valence-electron chi connectivity index (χ4n) is 2.08. The van der Waals surface area contributed by atoms with Crippen LogP contribution in [-0.4, -0.2) is 23.2 Å². The highest BCUT2D eigenvalue weighted by Gasteiger charge is 2.18. The van der Waals surface area contributed by atoms with Crippen LogP contribution in [0.25, 0.3) is 11.4 Å². The van der Waals surface area contributed by atoms with Crippen LogP contribution in [0, 0.1) is 13.8 Å². The van der Waals surface area contributed by atoms with Crippen LogP contribution >= 0.6 is 23.2 Å². The third-order valence-corrected chi connectivity index (χ3v) is 4.04. The zero-order valence-corrected chi connectivity index (χ0v) is 13.3. The number of rotatable bonds is 1. The van der Waals surface area contributed by atoms with Gasteiger partial charge in [0.2, 0.25) is 0 Å². The summed E-state index contributed by atoms with van der Waals surface area (Å²) in [5.74, 6) is 1.72. The van der Waals surface area contributed by atoms with Crippen molar-refractivity contribution in [3.05, 3.63) is 33.6 Å². The maximum absolute atomic E-state index is 6.29. The number of aryl methyl sites for hydroxylation is 1. The van der Waals surface area contributed by atoms with Gasteiger partial charge in [-0.15, -0.1) is 0 Å². The van der Waals surface area contributed by atoms with Crippen LogP contribution in [0.5, 0.6) is 11.5 Å². The largest absolute Gasteiger partial charge is 0.489 e. The summed E-state index contributed by atoms with van der Waals surface area (Å²) in [6.45, 7) is 4.98. The average molecular weight is 325 g/mol. The highest BCUT2D eigenvalue weighted by molar-refractivity contribution is 6.32. The van der Waals surface area contributed by atoms with Crippen molar-refractivity contribution in [1.82, 2.24) is 9.97 Å². The smallest absolute Gasteiger partial charge is 0.179 e. The molecule has 1 aromatic carbocycles. The molecule has 0 amide bonds. The second kappa shape index (κ2) is 5.70. The lowest BCUT2D eigenvalue weighted by Gasteiger charge is -2.12. The Labute approximate surface area is 133 Å². The molecular weight excluding hydrogens is 311 g/mol. The maximum Gasteiger partial charge on any atom is 0.179 e. The van der Waals surface area contributed by atoms with E-state index >= 15 is 0 Å². The molecule has 1 aromatic heterocycles. The summed E-state index contributed by atoms with van der Waals surface area (Å²) in [4.78, 5) is 8.78. The van der Waals surface area contributed by atoms with Crippen molar-refractivity contribution < 1.29 is 9.47 Å². The maximum atomic E-state index is 6.29. The highest BCUT2D eigenvalue weighted by atomic mass is 35.5. The van der Waals surface area contributed by atoms with Crippen molar-refractivity contribution in [3.8, 4) is 22.9 Å². The van der Waals surface area contributed by atoms with Gasteiger partial charge in [0.1, 0.15) is 5.15 Å². The van der Waals surface area contributed by atoms with Gasteiger partial charge >= 0.3 is 0 Å². The van der Waals surface area contributed by atoms with Crippen LogP contribution in [0.15, 0.2) is 12.1 Å². The molecule has 21 heavy (non-hydrogen) atoms. The van der Waals surface area contributed by atoms with E-state index in [9.17, 15) is 0 Å². The van der Waals surface area contributed by atoms with Crippen molar-refractivity contribution in [2.45, 2.75) is 20.3 Å². The van der Waals surface area contributed by atoms with E-state index in [0.29, 0.717) is 40.7 Å². The number of fused-ring (bicyclic) bond motifs is 1. The second-order valence-electron chi connectivity index (χ2n) is 4.88. The molecule has 0 saturated heterocycles. The van der Waals surface area contributed by atoms with E-state index in [1.807, 2.05) is 19.9 Å². The lowest BCUT2D eigenvalue weighted by molar-refractivity contribution is 0.297. The molecule has 0 fully saturated rings. The molecule has 0 atom stereocenters. The fraction of sp³-hybridized carbons (Fsp3) is 0.333. The molecule has 0 radical (unpaired) electrons. The van der Waals surface area contributed by atoms with Gasteiger partial charge < -0.3 is 9.47 Å². The van der Waals surface area contributed by atoms with Crippen LogP contribution in [0.4, 0.5) is 0 Å². The number of benzene rings is 1. The van der Waals surface area contributed by atoms with Gasteiger partial charge in [-0.2, -0.15) is 0 Å². The predicted molar refractivity (Wildman–Crippen MR) is 82.6 cm³/mol. The van der Waals surface area contributed by atoms with E-state index < -0.39 is 0 Å². The van der Waals surface area contributed by atoms with Crippen LogP contribution in [0.1, 0.15) is 17.7 Å². The minimum Gasteiger partial charge on any atom is -0.489 e. The molecule has 3 rings (SSSR count). The molecule has 6 heteroatoms. The third kappa shape index (κ3) is 2.78. The molecular formula is C15H14Cl2N2O2. The van der Waals surface area contributed by atoms with Gasteiger partial charge in [-0.3, -0.25) is 0 Å². The first kappa shape index (κ1) is 14.4. The second-order valence-corrected chi connectivity index (χ2v) is 5.65. The number of nitrogens with zero attached hydrogens (tertiary/aromatic N) is 2. The van der Waals surface area contributed by atoms with E-state index in [0.717, 1.165) is 23.2 Å². The van der Waals surface area contributed by atoms with E-state index in [-0.39, 0.29) is 0 Å². The molecule has 2 aromatic rings. The third-order valence-electron chi connectivity index (χ3n) is 3.39. The first-order valence-electron chi connectivity index (χ1n) is 6.66. The molecule has 0 aliphatic carbocycles. The number of hydrogen-bond acceptors (Lipinski definition) is 4. The Balaban J connectivity index is 2.11. The molecule has 1 aliphatic rings.